The van der Waals surface area contributed by atoms with E-state index in [1.54, 1.807) is 12.1 Å². The summed E-state index contributed by atoms with van der Waals surface area (Å²) in [5.41, 5.74) is 1.24. The molecular weight excluding hydrogens is 234 g/mol. The Bertz CT molecular complexity index is 431. The molecule has 1 aromatic carbocycles. The Balaban J connectivity index is 2.30. The van der Waals surface area contributed by atoms with Crippen LogP contribution in [0.1, 0.15) is 24.2 Å². The third kappa shape index (κ3) is 2.75. The van der Waals surface area contributed by atoms with Gasteiger partial charge in [0.2, 0.25) is 0 Å². The van der Waals surface area contributed by atoms with Crippen molar-refractivity contribution in [2.45, 2.75) is 18.6 Å². The van der Waals surface area contributed by atoms with Gasteiger partial charge in [0.15, 0.2) is 0 Å². The number of carboxylic acids is 1. The predicted octanol–water partition coefficient (Wildman–Crippen LogP) is 2.72. The summed E-state index contributed by atoms with van der Waals surface area (Å²) in [7, 11) is 0. The van der Waals surface area contributed by atoms with E-state index in [2.05, 4.69) is 18.7 Å². The maximum atomic E-state index is 11.2. The van der Waals surface area contributed by atoms with Crippen molar-refractivity contribution in [2.75, 3.05) is 23.7 Å². The van der Waals surface area contributed by atoms with E-state index in [1.807, 2.05) is 23.9 Å². The molecule has 2 rings (SSSR count). The summed E-state index contributed by atoms with van der Waals surface area (Å²) in [5.74, 6) is 0.192. The average molecular weight is 251 g/mol. The molecule has 1 aliphatic rings. The third-order valence-corrected chi connectivity index (χ3v) is 4.20. The van der Waals surface area contributed by atoms with Crippen molar-refractivity contribution in [1.29, 1.82) is 0 Å². The number of hydrogen-bond donors (Lipinski definition) is 1. The van der Waals surface area contributed by atoms with Crippen LogP contribution in [0.5, 0.6) is 0 Å². The van der Waals surface area contributed by atoms with Crippen molar-refractivity contribution in [1.82, 2.24) is 0 Å². The van der Waals surface area contributed by atoms with Gasteiger partial charge >= 0.3 is 5.97 Å². The molecular formula is C13H17NO2S. The van der Waals surface area contributed by atoms with Gasteiger partial charge in [-0.3, -0.25) is 0 Å². The highest BCUT2D eigenvalue weighted by atomic mass is 32.2. The maximum absolute atomic E-state index is 11.2. The lowest BCUT2D eigenvalue weighted by molar-refractivity contribution is 0.0697. The standard InChI is InChI=1S/C13H17NO2S/c1-13(2)9-14(7-8-17-13)11-6-4-3-5-10(11)12(15)16/h3-6H,7-9H2,1-2H3,(H,15,16). The van der Waals surface area contributed by atoms with E-state index in [0.29, 0.717) is 5.56 Å². The summed E-state index contributed by atoms with van der Waals surface area (Å²) < 4.78 is 0.184. The van der Waals surface area contributed by atoms with Crippen molar-refractivity contribution < 1.29 is 9.90 Å². The number of nitrogens with zero attached hydrogens (tertiary/aromatic N) is 1. The van der Waals surface area contributed by atoms with Crippen LogP contribution < -0.4 is 4.90 Å². The zero-order chi connectivity index (χ0) is 12.5. The van der Waals surface area contributed by atoms with Gasteiger partial charge in [0.05, 0.1) is 11.3 Å². The van der Waals surface area contributed by atoms with Gasteiger partial charge in [-0.05, 0) is 26.0 Å². The van der Waals surface area contributed by atoms with E-state index >= 15 is 0 Å². The van der Waals surface area contributed by atoms with Crippen molar-refractivity contribution in [2.24, 2.45) is 0 Å². The normalized spacial score (nSPS) is 19.1. The second kappa shape index (κ2) is 4.61. The van der Waals surface area contributed by atoms with Crippen molar-refractivity contribution >= 4 is 23.4 Å². The van der Waals surface area contributed by atoms with Gasteiger partial charge in [0.1, 0.15) is 0 Å². The molecule has 0 unspecified atom stereocenters. The smallest absolute Gasteiger partial charge is 0.337 e. The Kier molecular flexibility index (Phi) is 3.33. The van der Waals surface area contributed by atoms with Crippen LogP contribution in [-0.4, -0.2) is 34.7 Å². The molecule has 1 fully saturated rings. The van der Waals surface area contributed by atoms with Crippen LogP contribution in [0.25, 0.3) is 0 Å². The van der Waals surface area contributed by atoms with Gasteiger partial charge in [-0.2, -0.15) is 11.8 Å². The number of para-hydroxylation sites is 1. The molecule has 1 heterocycles. The second-order valence-electron chi connectivity index (χ2n) is 4.85. The number of hydrogen-bond acceptors (Lipinski definition) is 3. The minimum Gasteiger partial charge on any atom is -0.478 e. The van der Waals surface area contributed by atoms with Crippen LogP contribution in [0.15, 0.2) is 24.3 Å². The molecule has 0 radical (unpaired) electrons. The number of benzene rings is 1. The number of aromatic carboxylic acids is 1. The summed E-state index contributed by atoms with van der Waals surface area (Å²) in [6.07, 6.45) is 0. The summed E-state index contributed by atoms with van der Waals surface area (Å²) in [4.78, 5) is 13.4. The highest BCUT2D eigenvalue weighted by Crippen LogP contribution is 2.33. The topological polar surface area (TPSA) is 40.5 Å². The predicted molar refractivity (Wildman–Crippen MR) is 72.2 cm³/mol. The first-order chi connectivity index (χ1) is 7.99. The lowest BCUT2D eigenvalue weighted by atomic mass is 10.1. The maximum Gasteiger partial charge on any atom is 0.337 e. The van der Waals surface area contributed by atoms with Crippen molar-refractivity contribution in [3.05, 3.63) is 29.8 Å². The lowest BCUT2D eigenvalue weighted by Crippen LogP contribution is -2.43. The molecule has 1 aliphatic heterocycles. The van der Waals surface area contributed by atoms with Crippen LogP contribution in [0, 0.1) is 0 Å². The molecule has 0 saturated carbocycles. The molecule has 1 aromatic rings. The summed E-state index contributed by atoms with van der Waals surface area (Å²) in [6, 6.07) is 7.25. The number of anilines is 1. The zero-order valence-corrected chi connectivity index (χ0v) is 11.0. The van der Waals surface area contributed by atoms with E-state index in [9.17, 15) is 9.90 Å². The fourth-order valence-electron chi connectivity index (χ4n) is 2.15. The van der Waals surface area contributed by atoms with Crippen LogP contribution in [-0.2, 0) is 0 Å². The number of carboxylic acid groups (broad SMARTS) is 1. The van der Waals surface area contributed by atoms with Crippen LogP contribution in [0.3, 0.4) is 0 Å². The Morgan fingerprint density at radius 2 is 2.12 bits per heavy atom. The summed E-state index contributed by atoms with van der Waals surface area (Å²) in [6.45, 7) is 6.21. The molecule has 1 saturated heterocycles. The monoisotopic (exact) mass is 251 g/mol. The molecule has 0 atom stereocenters. The molecule has 1 N–H and O–H groups in total. The lowest BCUT2D eigenvalue weighted by Gasteiger charge is -2.39. The van der Waals surface area contributed by atoms with Crippen LogP contribution in [0.2, 0.25) is 0 Å². The summed E-state index contributed by atoms with van der Waals surface area (Å²) in [5, 5.41) is 9.19. The van der Waals surface area contributed by atoms with Crippen LogP contribution >= 0.6 is 11.8 Å². The first-order valence-electron chi connectivity index (χ1n) is 5.71. The quantitative estimate of drug-likeness (QED) is 0.877. The van der Waals surface area contributed by atoms with Gasteiger partial charge < -0.3 is 10.0 Å². The van der Waals surface area contributed by atoms with Gasteiger partial charge in [0, 0.05) is 23.6 Å². The highest BCUT2D eigenvalue weighted by Gasteiger charge is 2.28. The molecule has 0 aliphatic carbocycles. The first-order valence-corrected chi connectivity index (χ1v) is 6.69. The van der Waals surface area contributed by atoms with E-state index in [4.69, 9.17) is 0 Å². The number of thioether (sulfide) groups is 1. The van der Waals surface area contributed by atoms with Crippen molar-refractivity contribution in [3.8, 4) is 0 Å². The molecule has 92 valence electrons. The van der Waals surface area contributed by atoms with Gasteiger partial charge in [0.25, 0.3) is 0 Å². The highest BCUT2D eigenvalue weighted by molar-refractivity contribution is 8.00. The fourth-order valence-corrected chi connectivity index (χ4v) is 3.26. The second-order valence-corrected chi connectivity index (χ2v) is 6.65. The van der Waals surface area contributed by atoms with E-state index in [1.165, 1.54) is 0 Å². The van der Waals surface area contributed by atoms with E-state index < -0.39 is 5.97 Å². The minimum atomic E-state index is -0.850. The minimum absolute atomic E-state index is 0.184. The van der Waals surface area contributed by atoms with E-state index in [0.717, 1.165) is 24.5 Å². The summed E-state index contributed by atoms with van der Waals surface area (Å²) >= 11 is 1.94. The molecule has 0 spiro atoms. The molecule has 17 heavy (non-hydrogen) atoms. The van der Waals surface area contributed by atoms with E-state index in [-0.39, 0.29) is 4.75 Å². The van der Waals surface area contributed by atoms with Gasteiger partial charge in [-0.15, -0.1) is 0 Å². The molecule has 0 aromatic heterocycles. The SMILES string of the molecule is CC1(C)CN(c2ccccc2C(=O)O)CCS1. The number of carbonyl (C=O) groups is 1. The largest absolute Gasteiger partial charge is 0.478 e. The molecule has 3 nitrogen and oxygen atoms in total. The number of rotatable bonds is 2. The Hall–Kier alpha value is -1.16. The Labute approximate surface area is 106 Å². The zero-order valence-electron chi connectivity index (χ0n) is 10.1. The van der Waals surface area contributed by atoms with Gasteiger partial charge in [-0.25, -0.2) is 4.79 Å². The Morgan fingerprint density at radius 1 is 1.41 bits per heavy atom. The fraction of sp³-hybridized carbons (Fsp3) is 0.462. The molecule has 0 bridgehead atoms. The van der Waals surface area contributed by atoms with Gasteiger partial charge in [-0.1, -0.05) is 12.1 Å². The molecule has 0 amide bonds. The van der Waals surface area contributed by atoms with Crippen molar-refractivity contribution in [3.63, 3.8) is 0 Å². The average Bonchev–Trinajstić information content (AvgIpc) is 2.27. The third-order valence-electron chi connectivity index (χ3n) is 2.90. The van der Waals surface area contributed by atoms with Crippen LogP contribution in [0.4, 0.5) is 5.69 Å². The molecule has 4 heteroatoms. The Morgan fingerprint density at radius 3 is 2.76 bits per heavy atom. The first kappa shape index (κ1) is 12.3.